The molecule has 0 unspecified atom stereocenters. The predicted octanol–water partition coefficient (Wildman–Crippen LogP) is 7.25. The molecule has 0 aliphatic rings. The molecule has 0 fully saturated rings. The average molecular weight is 424 g/mol. The van der Waals surface area contributed by atoms with E-state index in [9.17, 15) is 0 Å². The number of methoxy groups -OCH3 is 1. The van der Waals surface area contributed by atoms with Gasteiger partial charge >= 0.3 is 142 Å². The zero-order chi connectivity index (χ0) is 22.2. The summed E-state index contributed by atoms with van der Waals surface area (Å²) in [5, 5.41) is 23.5. The molecule has 0 aromatic carbocycles. The molecule has 0 rings (SSSR count). The number of hydrogen-bond donors (Lipinski definition) is 0. The summed E-state index contributed by atoms with van der Waals surface area (Å²) in [5.41, 5.74) is 0. The fourth-order valence-electron chi connectivity index (χ4n) is 3.76. The third-order valence-electron chi connectivity index (χ3n) is 5.52. The first-order valence-electron chi connectivity index (χ1n) is 11.8. The van der Waals surface area contributed by atoms with Gasteiger partial charge in [0.05, 0.1) is 18.2 Å². The minimum absolute atomic E-state index is 1.10. The monoisotopic (exact) mass is 423 g/mol. The van der Waals surface area contributed by atoms with E-state index in [1.807, 2.05) is 7.11 Å². The second-order valence-electron chi connectivity index (χ2n) is 8.19. The molecule has 4 nitrogen and oxygen atoms in total. The van der Waals surface area contributed by atoms with Gasteiger partial charge < -0.3 is 0 Å². The molecule has 0 aliphatic heterocycles. The molecule has 168 valence electrons. The van der Waals surface area contributed by atoms with E-state index < -0.39 is 13.2 Å². The molecule has 0 amide bonds. The second-order valence-corrected chi connectivity index (χ2v) is 13.0. The predicted molar refractivity (Wildman–Crippen MR) is 128 cm³/mol. The minimum atomic E-state index is -1.17. The molecule has 0 atom stereocenters. The molecular formula is C24H46N3OP. The van der Waals surface area contributed by atoms with Crippen molar-refractivity contribution in [1.29, 1.82) is 15.8 Å². The first kappa shape index (κ1) is 30.1. The van der Waals surface area contributed by atoms with Crippen LogP contribution in [0.5, 0.6) is 0 Å². The third-order valence-corrected chi connectivity index (χ3v) is 10.7. The van der Waals surface area contributed by atoms with E-state index in [2.05, 4.69) is 20.8 Å². The zero-order valence-electron chi connectivity index (χ0n) is 19.6. The summed E-state index contributed by atoms with van der Waals surface area (Å²) in [6.45, 7) is 6.94. The van der Waals surface area contributed by atoms with Crippen molar-refractivity contribution in [1.82, 2.24) is 0 Å². The molecule has 0 spiro atoms. The topological polar surface area (TPSA) is 80.6 Å². The molecule has 0 saturated carbocycles. The number of unbranched alkanes of at least 4 members (excludes halogenated alkanes) is 9. The van der Waals surface area contributed by atoms with Gasteiger partial charge in [0.15, 0.2) is 0 Å². The van der Waals surface area contributed by atoms with Crippen LogP contribution in [0.25, 0.3) is 0 Å². The van der Waals surface area contributed by atoms with Gasteiger partial charge in [-0.05, 0) is 0 Å². The Morgan fingerprint density at radius 3 is 1.17 bits per heavy atom. The summed E-state index contributed by atoms with van der Waals surface area (Å²) in [5.74, 6) is -1.10. The van der Waals surface area contributed by atoms with Gasteiger partial charge in [0.2, 0.25) is 5.92 Å². The molecular weight excluding hydrogens is 377 g/mol. The molecule has 0 radical (unpaired) electrons. The van der Waals surface area contributed by atoms with Crippen LogP contribution in [0.3, 0.4) is 0 Å². The quantitative estimate of drug-likeness (QED) is 0.182. The van der Waals surface area contributed by atoms with Crippen LogP contribution in [-0.4, -0.2) is 31.9 Å². The van der Waals surface area contributed by atoms with Crippen molar-refractivity contribution in [3.05, 3.63) is 0 Å². The minimum Gasteiger partial charge on any atom is -0.196 e. The normalized spacial score (nSPS) is 11.1. The van der Waals surface area contributed by atoms with Crippen molar-refractivity contribution in [3.63, 3.8) is 0 Å². The van der Waals surface area contributed by atoms with Crippen molar-refractivity contribution in [2.45, 2.75) is 97.8 Å². The van der Waals surface area contributed by atoms with Gasteiger partial charge in [-0.15, -0.1) is 0 Å². The maximum absolute atomic E-state index is 7.83. The first-order chi connectivity index (χ1) is 14.1. The van der Waals surface area contributed by atoms with Crippen LogP contribution in [0.2, 0.25) is 0 Å². The van der Waals surface area contributed by atoms with Gasteiger partial charge in [0.1, 0.15) is 0 Å². The van der Waals surface area contributed by atoms with Crippen LogP contribution in [0.4, 0.5) is 0 Å². The second kappa shape index (κ2) is 23.1. The Labute approximate surface area is 182 Å². The number of nitriles is 3. The van der Waals surface area contributed by atoms with Gasteiger partial charge in [0.25, 0.3) is 0 Å². The van der Waals surface area contributed by atoms with Crippen LogP contribution in [-0.2, 0) is 4.74 Å². The summed E-state index contributed by atoms with van der Waals surface area (Å²) in [7, 11) is 0.769. The van der Waals surface area contributed by atoms with Crippen molar-refractivity contribution >= 4 is 7.26 Å². The van der Waals surface area contributed by atoms with E-state index in [0.29, 0.717) is 0 Å². The molecule has 0 N–H and O–H groups in total. The molecule has 0 bridgehead atoms. The van der Waals surface area contributed by atoms with Gasteiger partial charge in [-0.25, -0.2) is 0 Å². The Morgan fingerprint density at radius 1 is 0.621 bits per heavy atom. The summed E-state index contributed by atoms with van der Waals surface area (Å²) in [4.78, 5) is 0. The summed E-state index contributed by atoms with van der Waals surface area (Å²) < 4.78 is 5.74. The standard InChI is InChI=1S/C20H45OP.C4HN3/c1-5-8-11-14-17-22(20-21-4,18-15-12-9-6-2)19-16-13-10-7-3;5-1-4(2-6)3-7/h22H,5-20H2,1-4H3;4H. The van der Waals surface area contributed by atoms with Crippen LogP contribution in [0.1, 0.15) is 97.8 Å². The molecule has 0 aromatic heterocycles. The molecule has 0 saturated heterocycles. The fraction of sp³-hybridized carbons (Fsp3) is 0.875. The van der Waals surface area contributed by atoms with Crippen LogP contribution in [0.15, 0.2) is 0 Å². The fourth-order valence-corrected chi connectivity index (χ4v) is 8.56. The Kier molecular flexibility index (Phi) is 24.0. The molecule has 0 aromatic rings. The number of nitrogens with zero attached hydrogens (tertiary/aromatic N) is 3. The largest absolute Gasteiger partial charge is 0.218 e. The first-order valence-corrected chi connectivity index (χ1v) is 14.6. The van der Waals surface area contributed by atoms with E-state index >= 15 is 0 Å². The molecule has 0 aliphatic carbocycles. The Bertz CT molecular complexity index is 411. The zero-order valence-corrected chi connectivity index (χ0v) is 20.6. The summed E-state index contributed by atoms with van der Waals surface area (Å²) >= 11 is 0. The number of rotatable bonds is 17. The van der Waals surface area contributed by atoms with E-state index in [1.54, 1.807) is 0 Å². The molecule has 0 heterocycles. The van der Waals surface area contributed by atoms with E-state index in [4.69, 9.17) is 20.5 Å². The molecule has 29 heavy (non-hydrogen) atoms. The third kappa shape index (κ3) is 18.6. The SMILES string of the molecule is CCCCCC[PH](CCCCCC)(CCCCCC)COC.N#CC(C#N)C#N. The van der Waals surface area contributed by atoms with Gasteiger partial charge in [0, 0.05) is 0 Å². The van der Waals surface area contributed by atoms with Gasteiger partial charge in [-0.1, -0.05) is 0 Å². The van der Waals surface area contributed by atoms with E-state index in [1.165, 1.54) is 114 Å². The number of hydrogen-bond acceptors (Lipinski definition) is 4. The maximum atomic E-state index is 7.83. The summed E-state index contributed by atoms with van der Waals surface area (Å²) in [6, 6.07) is 4.44. The maximum Gasteiger partial charge on any atom is 0.218 e. The van der Waals surface area contributed by atoms with Gasteiger partial charge in [-0.3, -0.25) is 0 Å². The van der Waals surface area contributed by atoms with Crippen molar-refractivity contribution in [2.75, 3.05) is 31.9 Å². The van der Waals surface area contributed by atoms with Crippen LogP contribution >= 0.6 is 7.26 Å². The Hall–Kier alpha value is -1.14. The Balaban J connectivity index is 0. The average Bonchev–Trinajstić information content (AvgIpc) is 2.74. The van der Waals surface area contributed by atoms with Gasteiger partial charge in [-0.2, -0.15) is 15.8 Å². The van der Waals surface area contributed by atoms with Crippen LogP contribution in [0, 0.1) is 39.9 Å². The number of ether oxygens (including phenoxy) is 1. The summed E-state index contributed by atoms with van der Waals surface area (Å²) in [6.07, 6.45) is 22.7. The van der Waals surface area contributed by atoms with E-state index in [0.717, 1.165) is 6.35 Å². The van der Waals surface area contributed by atoms with Crippen molar-refractivity contribution in [2.24, 2.45) is 5.92 Å². The van der Waals surface area contributed by atoms with Crippen molar-refractivity contribution < 1.29 is 4.74 Å². The molecule has 5 heteroatoms. The van der Waals surface area contributed by atoms with E-state index in [-0.39, 0.29) is 0 Å². The van der Waals surface area contributed by atoms with Crippen molar-refractivity contribution in [3.8, 4) is 18.2 Å². The Morgan fingerprint density at radius 2 is 0.966 bits per heavy atom. The smallest absolute Gasteiger partial charge is 0.196 e. The van der Waals surface area contributed by atoms with Crippen LogP contribution < -0.4 is 0 Å².